The molecule has 0 aliphatic rings. The maximum absolute atomic E-state index is 5.10. The Kier molecular flexibility index (Phi) is 3.08. The molecule has 4 nitrogen and oxygen atoms in total. The normalized spacial score (nSPS) is 10.8. The first-order valence-electron chi connectivity index (χ1n) is 4.46. The Morgan fingerprint density at radius 3 is 2.69 bits per heavy atom. The van der Waals surface area contributed by atoms with Crippen molar-refractivity contribution in [2.45, 2.75) is 33.4 Å². The van der Waals surface area contributed by atoms with Crippen molar-refractivity contribution in [1.29, 1.82) is 0 Å². The lowest BCUT2D eigenvalue weighted by Crippen LogP contribution is -2.28. The van der Waals surface area contributed by atoms with Crippen LogP contribution in [0, 0.1) is 4.77 Å². The van der Waals surface area contributed by atoms with E-state index in [1.165, 1.54) is 0 Å². The summed E-state index contributed by atoms with van der Waals surface area (Å²) in [5.74, 6) is 0.905. The number of aromatic amines is 1. The van der Waals surface area contributed by atoms with E-state index < -0.39 is 0 Å². The molecule has 0 saturated carbocycles. The molecule has 1 aromatic heterocycles. The Balaban J connectivity index is 3.07. The van der Waals surface area contributed by atoms with Crippen LogP contribution in [0.5, 0.6) is 0 Å². The fraction of sp³-hybridized carbons (Fsp3) is 0.750. The molecule has 0 radical (unpaired) electrons. The van der Waals surface area contributed by atoms with Gasteiger partial charge in [0, 0.05) is 19.6 Å². The van der Waals surface area contributed by atoms with Gasteiger partial charge < -0.3 is 4.90 Å². The van der Waals surface area contributed by atoms with Crippen LogP contribution in [0.4, 0.5) is 5.95 Å². The SMILES string of the molecule is CCn1c(N(C)C(C)C)n[nH]c1=S. The van der Waals surface area contributed by atoms with E-state index in [-0.39, 0.29) is 0 Å². The molecule has 0 aliphatic carbocycles. The molecule has 0 unspecified atom stereocenters. The molecular weight excluding hydrogens is 184 g/mol. The minimum absolute atomic E-state index is 0.426. The van der Waals surface area contributed by atoms with E-state index in [1.807, 2.05) is 11.6 Å². The number of nitrogens with one attached hydrogen (secondary N) is 1. The van der Waals surface area contributed by atoms with Crippen molar-refractivity contribution in [3.8, 4) is 0 Å². The van der Waals surface area contributed by atoms with Crippen molar-refractivity contribution in [2.75, 3.05) is 11.9 Å². The van der Waals surface area contributed by atoms with Gasteiger partial charge in [0.2, 0.25) is 5.95 Å². The average Bonchev–Trinajstić information content (AvgIpc) is 2.45. The third kappa shape index (κ3) is 1.91. The van der Waals surface area contributed by atoms with E-state index in [1.54, 1.807) is 0 Å². The number of hydrogen-bond acceptors (Lipinski definition) is 3. The first-order chi connectivity index (χ1) is 6.07. The molecule has 0 fully saturated rings. The van der Waals surface area contributed by atoms with Gasteiger partial charge >= 0.3 is 0 Å². The number of rotatable bonds is 3. The largest absolute Gasteiger partial charge is 0.342 e. The number of nitrogens with zero attached hydrogens (tertiary/aromatic N) is 3. The number of H-pyrrole nitrogens is 1. The Morgan fingerprint density at radius 1 is 1.62 bits per heavy atom. The van der Waals surface area contributed by atoms with Gasteiger partial charge in [0.1, 0.15) is 0 Å². The summed E-state index contributed by atoms with van der Waals surface area (Å²) >= 11 is 5.10. The number of aromatic nitrogens is 3. The summed E-state index contributed by atoms with van der Waals surface area (Å²) < 4.78 is 2.67. The third-order valence-electron chi connectivity index (χ3n) is 2.14. The monoisotopic (exact) mass is 200 g/mol. The van der Waals surface area contributed by atoms with E-state index in [4.69, 9.17) is 12.2 Å². The zero-order chi connectivity index (χ0) is 10.0. The second-order valence-corrected chi connectivity index (χ2v) is 3.66. The van der Waals surface area contributed by atoms with Crippen LogP contribution < -0.4 is 4.90 Å². The standard InChI is InChI=1S/C8H16N4S/c1-5-12-7(9-10-8(12)13)11(4)6(2)3/h6H,5H2,1-4H3,(H,10,13). The van der Waals surface area contributed by atoms with Gasteiger partial charge in [-0.05, 0) is 33.0 Å². The van der Waals surface area contributed by atoms with E-state index >= 15 is 0 Å². The fourth-order valence-electron chi connectivity index (χ4n) is 1.09. The van der Waals surface area contributed by atoms with Gasteiger partial charge in [-0.3, -0.25) is 4.57 Å². The van der Waals surface area contributed by atoms with Gasteiger partial charge in [-0.1, -0.05) is 0 Å². The van der Waals surface area contributed by atoms with Crippen molar-refractivity contribution < 1.29 is 0 Å². The molecule has 0 spiro atoms. The molecule has 74 valence electrons. The summed E-state index contributed by atoms with van der Waals surface area (Å²) in [5, 5.41) is 6.98. The highest BCUT2D eigenvalue weighted by molar-refractivity contribution is 7.71. The zero-order valence-electron chi connectivity index (χ0n) is 8.53. The average molecular weight is 200 g/mol. The van der Waals surface area contributed by atoms with Crippen molar-refractivity contribution in [3.05, 3.63) is 4.77 Å². The van der Waals surface area contributed by atoms with Crippen LogP contribution in [0.15, 0.2) is 0 Å². The number of anilines is 1. The fourth-order valence-corrected chi connectivity index (χ4v) is 1.35. The predicted molar refractivity (Wildman–Crippen MR) is 56.6 cm³/mol. The first kappa shape index (κ1) is 10.2. The smallest absolute Gasteiger partial charge is 0.225 e. The Hall–Kier alpha value is -0.840. The molecule has 1 N–H and O–H groups in total. The van der Waals surface area contributed by atoms with Crippen molar-refractivity contribution in [3.63, 3.8) is 0 Å². The van der Waals surface area contributed by atoms with E-state index in [9.17, 15) is 0 Å². The van der Waals surface area contributed by atoms with Crippen LogP contribution in [-0.4, -0.2) is 27.9 Å². The molecule has 0 amide bonds. The summed E-state index contributed by atoms with van der Waals surface area (Å²) in [5.41, 5.74) is 0. The highest BCUT2D eigenvalue weighted by Gasteiger charge is 2.11. The summed E-state index contributed by atoms with van der Waals surface area (Å²) in [6, 6.07) is 0.426. The van der Waals surface area contributed by atoms with Crippen molar-refractivity contribution in [2.24, 2.45) is 0 Å². The molecule has 0 aromatic carbocycles. The van der Waals surface area contributed by atoms with Crippen molar-refractivity contribution >= 4 is 18.2 Å². The first-order valence-corrected chi connectivity index (χ1v) is 4.86. The maximum Gasteiger partial charge on any atom is 0.225 e. The van der Waals surface area contributed by atoms with Gasteiger partial charge in [0.05, 0.1) is 0 Å². The molecule has 1 rings (SSSR count). The molecule has 1 heterocycles. The predicted octanol–water partition coefficient (Wildman–Crippen LogP) is 1.81. The Labute approximate surface area is 83.6 Å². The maximum atomic E-state index is 5.10. The summed E-state index contributed by atoms with van der Waals surface area (Å²) in [6.45, 7) is 7.15. The molecule has 0 aliphatic heterocycles. The molecule has 13 heavy (non-hydrogen) atoms. The van der Waals surface area contributed by atoms with Crippen LogP contribution in [0.3, 0.4) is 0 Å². The van der Waals surface area contributed by atoms with Crippen LogP contribution >= 0.6 is 12.2 Å². The van der Waals surface area contributed by atoms with E-state index in [0.29, 0.717) is 10.8 Å². The lowest BCUT2D eigenvalue weighted by Gasteiger charge is -2.22. The summed E-state index contributed by atoms with van der Waals surface area (Å²) in [7, 11) is 2.02. The second-order valence-electron chi connectivity index (χ2n) is 3.28. The van der Waals surface area contributed by atoms with Gasteiger partial charge in [0.25, 0.3) is 0 Å². The minimum atomic E-state index is 0.426. The molecule has 0 bridgehead atoms. The van der Waals surface area contributed by atoms with Gasteiger partial charge in [-0.15, -0.1) is 5.10 Å². The zero-order valence-corrected chi connectivity index (χ0v) is 9.35. The lowest BCUT2D eigenvalue weighted by atomic mass is 10.4. The van der Waals surface area contributed by atoms with Crippen LogP contribution in [0.25, 0.3) is 0 Å². The Morgan fingerprint density at radius 2 is 2.23 bits per heavy atom. The number of hydrogen-bond donors (Lipinski definition) is 1. The quantitative estimate of drug-likeness (QED) is 0.756. The molecule has 5 heteroatoms. The highest BCUT2D eigenvalue weighted by atomic mass is 32.1. The second kappa shape index (κ2) is 3.91. The van der Waals surface area contributed by atoms with Crippen LogP contribution in [0.2, 0.25) is 0 Å². The molecule has 0 saturated heterocycles. The van der Waals surface area contributed by atoms with E-state index in [2.05, 4.69) is 35.9 Å². The van der Waals surface area contributed by atoms with Gasteiger partial charge in [0.15, 0.2) is 4.77 Å². The van der Waals surface area contributed by atoms with Crippen molar-refractivity contribution in [1.82, 2.24) is 14.8 Å². The van der Waals surface area contributed by atoms with Crippen LogP contribution in [0.1, 0.15) is 20.8 Å². The topological polar surface area (TPSA) is 36.9 Å². The van der Waals surface area contributed by atoms with E-state index in [0.717, 1.165) is 12.5 Å². The third-order valence-corrected chi connectivity index (χ3v) is 2.46. The molecule has 0 atom stereocenters. The Bertz CT molecular complexity index is 325. The lowest BCUT2D eigenvalue weighted by molar-refractivity contribution is 0.671. The summed E-state index contributed by atoms with van der Waals surface area (Å²) in [4.78, 5) is 2.09. The van der Waals surface area contributed by atoms with Crippen LogP contribution in [-0.2, 0) is 6.54 Å². The van der Waals surface area contributed by atoms with Gasteiger partial charge in [-0.25, -0.2) is 5.10 Å². The molecule has 1 aromatic rings. The van der Waals surface area contributed by atoms with Gasteiger partial charge in [-0.2, -0.15) is 0 Å². The summed E-state index contributed by atoms with van der Waals surface area (Å²) in [6.07, 6.45) is 0. The molecular formula is C8H16N4S. The highest BCUT2D eigenvalue weighted by Crippen LogP contribution is 2.11. The minimum Gasteiger partial charge on any atom is -0.342 e.